The summed E-state index contributed by atoms with van der Waals surface area (Å²) in [7, 11) is 2.88. The number of piperidine rings is 1. The quantitative estimate of drug-likeness (QED) is 0.362. The molecule has 2 amide bonds. The molecule has 0 unspecified atom stereocenters. The lowest BCUT2D eigenvalue weighted by atomic mass is 9.96. The number of carboxylic acids is 1. The summed E-state index contributed by atoms with van der Waals surface area (Å²) in [4.78, 5) is 39.3. The van der Waals surface area contributed by atoms with Crippen molar-refractivity contribution in [1.82, 2.24) is 15.5 Å². The van der Waals surface area contributed by atoms with Gasteiger partial charge in [0, 0.05) is 13.7 Å². The van der Waals surface area contributed by atoms with Crippen LogP contribution in [0.4, 0.5) is 0 Å². The van der Waals surface area contributed by atoms with E-state index in [2.05, 4.69) is 10.6 Å². The van der Waals surface area contributed by atoms with E-state index in [-0.39, 0.29) is 12.3 Å². The van der Waals surface area contributed by atoms with Crippen molar-refractivity contribution in [3.05, 3.63) is 29.8 Å². The molecule has 0 bridgehead atoms. The summed E-state index contributed by atoms with van der Waals surface area (Å²) in [5.74, 6) is -2.29. The van der Waals surface area contributed by atoms with Gasteiger partial charge in [-0.3, -0.25) is 9.59 Å². The van der Waals surface area contributed by atoms with E-state index in [9.17, 15) is 29.7 Å². The molecule has 0 saturated carbocycles. The number of carboxylic acid groups (broad SMARTS) is 1. The topological polar surface area (TPSA) is 148 Å². The van der Waals surface area contributed by atoms with E-state index in [1.807, 2.05) is 0 Å². The van der Waals surface area contributed by atoms with Gasteiger partial charge < -0.3 is 35.6 Å². The van der Waals surface area contributed by atoms with Crippen LogP contribution in [0.3, 0.4) is 0 Å². The van der Waals surface area contributed by atoms with Gasteiger partial charge >= 0.3 is 5.97 Å². The Hall–Kier alpha value is -2.69. The van der Waals surface area contributed by atoms with E-state index in [4.69, 9.17) is 4.74 Å². The smallest absolute Gasteiger partial charge is 0.326 e. The Morgan fingerprint density at radius 2 is 1.81 bits per heavy atom. The normalized spacial score (nSPS) is 20.4. The SMILES string of the molecule is CN[C@H](C(=O)N[C@@H](C(=O)N1CCCC[C@H]1C(=O)O)[C@H](OC)c1ccc(O)cc1)[C@@H](C)O. The van der Waals surface area contributed by atoms with Crippen molar-refractivity contribution in [2.45, 2.75) is 56.5 Å². The predicted molar refractivity (Wildman–Crippen MR) is 111 cm³/mol. The number of rotatable bonds is 9. The number of carbonyl (C=O) groups excluding carboxylic acids is 2. The number of carbonyl (C=O) groups is 3. The number of phenolic OH excluding ortho intramolecular Hbond substituents is 1. The lowest BCUT2D eigenvalue weighted by Gasteiger charge is -2.38. The first-order valence-corrected chi connectivity index (χ1v) is 10.2. The highest BCUT2D eigenvalue weighted by Gasteiger charge is 2.41. The summed E-state index contributed by atoms with van der Waals surface area (Å²) in [6.07, 6.45) is -0.310. The molecule has 1 aromatic rings. The molecule has 1 aliphatic rings. The molecule has 1 aliphatic heterocycles. The van der Waals surface area contributed by atoms with Crippen LogP contribution < -0.4 is 10.6 Å². The number of phenols is 1. The molecule has 0 radical (unpaired) electrons. The van der Waals surface area contributed by atoms with Gasteiger partial charge in [-0.1, -0.05) is 12.1 Å². The molecular formula is C21H31N3O7. The number of aliphatic hydroxyl groups is 1. The monoisotopic (exact) mass is 437 g/mol. The molecule has 10 heteroatoms. The van der Waals surface area contributed by atoms with Crippen LogP contribution in [0.2, 0.25) is 0 Å². The number of methoxy groups -OCH3 is 1. The van der Waals surface area contributed by atoms with Crippen LogP contribution in [-0.4, -0.2) is 82.9 Å². The predicted octanol–water partition coefficient (Wildman–Crippen LogP) is -0.001000. The molecule has 1 fully saturated rings. The zero-order valence-corrected chi connectivity index (χ0v) is 17.9. The third kappa shape index (κ3) is 5.93. The molecule has 1 saturated heterocycles. The average Bonchev–Trinajstić information content (AvgIpc) is 2.74. The average molecular weight is 437 g/mol. The zero-order valence-electron chi connectivity index (χ0n) is 17.9. The molecule has 1 heterocycles. The lowest BCUT2D eigenvalue weighted by Crippen LogP contribution is -2.60. The van der Waals surface area contributed by atoms with Gasteiger partial charge in [0.2, 0.25) is 11.8 Å². The van der Waals surface area contributed by atoms with Gasteiger partial charge in [0.15, 0.2) is 0 Å². The highest BCUT2D eigenvalue weighted by atomic mass is 16.5. The maximum Gasteiger partial charge on any atom is 0.326 e. The Balaban J connectivity index is 2.42. The fourth-order valence-corrected chi connectivity index (χ4v) is 3.86. The van der Waals surface area contributed by atoms with Gasteiger partial charge in [-0.15, -0.1) is 0 Å². The van der Waals surface area contributed by atoms with Crippen molar-refractivity contribution in [2.24, 2.45) is 0 Å². The number of hydrogen-bond donors (Lipinski definition) is 5. The van der Waals surface area contributed by atoms with Crippen molar-refractivity contribution in [1.29, 1.82) is 0 Å². The summed E-state index contributed by atoms with van der Waals surface area (Å²) < 4.78 is 5.55. The van der Waals surface area contributed by atoms with E-state index in [1.54, 1.807) is 12.1 Å². The van der Waals surface area contributed by atoms with Gasteiger partial charge in [-0.05, 0) is 50.9 Å². The second-order valence-electron chi connectivity index (χ2n) is 7.62. The number of aliphatic carboxylic acids is 1. The molecule has 0 aromatic heterocycles. The van der Waals surface area contributed by atoms with Gasteiger partial charge in [0.1, 0.15) is 30.0 Å². The number of nitrogens with zero attached hydrogens (tertiary/aromatic N) is 1. The third-order valence-electron chi connectivity index (χ3n) is 5.49. The number of amides is 2. The molecule has 5 N–H and O–H groups in total. The minimum Gasteiger partial charge on any atom is -0.508 e. The first-order chi connectivity index (χ1) is 14.7. The minimum atomic E-state index is -1.24. The molecule has 0 aliphatic carbocycles. The zero-order chi connectivity index (χ0) is 23.1. The van der Waals surface area contributed by atoms with Crippen molar-refractivity contribution < 1.29 is 34.4 Å². The van der Waals surface area contributed by atoms with E-state index >= 15 is 0 Å². The van der Waals surface area contributed by atoms with E-state index in [0.29, 0.717) is 24.8 Å². The van der Waals surface area contributed by atoms with Crippen LogP contribution in [0, 0.1) is 0 Å². The van der Waals surface area contributed by atoms with Crippen molar-refractivity contribution in [3.8, 4) is 5.75 Å². The molecule has 1 aromatic carbocycles. The van der Waals surface area contributed by atoms with E-state index < -0.39 is 48.1 Å². The Bertz CT molecular complexity index is 769. The summed E-state index contributed by atoms with van der Waals surface area (Å²) >= 11 is 0. The van der Waals surface area contributed by atoms with Crippen molar-refractivity contribution in [2.75, 3.05) is 20.7 Å². The number of aromatic hydroxyl groups is 1. The summed E-state index contributed by atoms with van der Waals surface area (Å²) in [5, 5.41) is 34.4. The van der Waals surface area contributed by atoms with Gasteiger partial charge in [-0.25, -0.2) is 4.79 Å². The maximum atomic E-state index is 13.5. The highest BCUT2D eigenvalue weighted by Crippen LogP contribution is 2.27. The Morgan fingerprint density at radius 3 is 2.32 bits per heavy atom. The fraction of sp³-hybridized carbons (Fsp3) is 0.571. The molecule has 10 nitrogen and oxygen atoms in total. The molecule has 31 heavy (non-hydrogen) atoms. The van der Waals surface area contributed by atoms with Crippen molar-refractivity contribution >= 4 is 17.8 Å². The number of benzene rings is 1. The number of ether oxygens (including phenoxy) is 1. The number of likely N-dealkylation sites (tertiary alicyclic amines) is 1. The maximum absolute atomic E-state index is 13.5. The Labute approximate surface area is 181 Å². The van der Waals surface area contributed by atoms with Gasteiger partial charge in [-0.2, -0.15) is 0 Å². The summed E-state index contributed by atoms with van der Waals surface area (Å²) in [6.45, 7) is 1.69. The van der Waals surface area contributed by atoms with Crippen LogP contribution in [0.25, 0.3) is 0 Å². The second-order valence-corrected chi connectivity index (χ2v) is 7.62. The minimum absolute atomic E-state index is 0.0249. The summed E-state index contributed by atoms with van der Waals surface area (Å²) in [5.41, 5.74) is 0.515. The van der Waals surface area contributed by atoms with Crippen molar-refractivity contribution in [3.63, 3.8) is 0 Å². The largest absolute Gasteiger partial charge is 0.508 e. The summed E-state index contributed by atoms with van der Waals surface area (Å²) in [6, 6.07) is 2.77. The molecular weight excluding hydrogens is 406 g/mol. The molecule has 172 valence electrons. The molecule has 2 rings (SSSR count). The first-order valence-electron chi connectivity index (χ1n) is 10.2. The van der Waals surface area contributed by atoms with Crippen LogP contribution in [0.5, 0.6) is 5.75 Å². The number of likely N-dealkylation sites (N-methyl/N-ethyl adjacent to an activating group) is 1. The molecule has 0 spiro atoms. The van der Waals surface area contributed by atoms with E-state index in [1.165, 1.54) is 38.1 Å². The standard InChI is InChI=1S/C21H31N3O7/c1-12(25)16(22-2)19(27)23-17(18(31-3)13-7-9-14(26)10-8-13)20(28)24-11-5-4-6-15(24)21(29)30/h7-10,12,15-18,22,25-26H,4-6,11H2,1-3H3,(H,23,27)(H,29,30)/t12-,15+,16+,17-,18-/m1/s1. The van der Waals surface area contributed by atoms with Gasteiger partial charge in [0.05, 0.1) is 6.10 Å². The van der Waals surface area contributed by atoms with Crippen LogP contribution in [-0.2, 0) is 19.1 Å². The van der Waals surface area contributed by atoms with Gasteiger partial charge in [0.25, 0.3) is 0 Å². The molecule has 5 atom stereocenters. The van der Waals surface area contributed by atoms with Crippen LogP contribution in [0.1, 0.15) is 37.9 Å². The second kappa shape index (κ2) is 11.1. The fourth-order valence-electron chi connectivity index (χ4n) is 3.86. The number of aliphatic hydroxyl groups excluding tert-OH is 1. The highest BCUT2D eigenvalue weighted by molar-refractivity contribution is 5.92. The van der Waals surface area contributed by atoms with Crippen LogP contribution >= 0.6 is 0 Å². The van der Waals surface area contributed by atoms with E-state index in [0.717, 1.165) is 0 Å². The number of nitrogens with one attached hydrogen (secondary N) is 2. The third-order valence-corrected chi connectivity index (χ3v) is 5.49. The Kier molecular flexibility index (Phi) is 8.78. The lowest BCUT2D eigenvalue weighted by molar-refractivity contribution is -0.155. The first kappa shape index (κ1) is 24.6. The van der Waals surface area contributed by atoms with Crippen LogP contribution in [0.15, 0.2) is 24.3 Å². The number of hydrogen-bond acceptors (Lipinski definition) is 7. The Morgan fingerprint density at radius 1 is 1.16 bits per heavy atom.